The highest BCUT2D eigenvalue weighted by atomic mass is 32.1. The maximum atomic E-state index is 11.6. The number of nitrogens with two attached hydrogens (primary N) is 1. The molecule has 1 amide bonds. The molecular formula is C12H19N3OS. The van der Waals surface area contributed by atoms with Crippen molar-refractivity contribution in [3.63, 3.8) is 0 Å². The van der Waals surface area contributed by atoms with Gasteiger partial charge >= 0.3 is 0 Å². The van der Waals surface area contributed by atoms with Crippen molar-refractivity contribution >= 4 is 27.9 Å². The molecule has 0 bridgehead atoms. The Kier molecular flexibility index (Phi) is 3.57. The number of rotatable bonds is 5. The summed E-state index contributed by atoms with van der Waals surface area (Å²) in [5.41, 5.74) is 6.46. The van der Waals surface area contributed by atoms with Crippen molar-refractivity contribution in [3.05, 3.63) is 10.9 Å². The Morgan fingerprint density at radius 1 is 1.65 bits per heavy atom. The van der Waals surface area contributed by atoms with Gasteiger partial charge in [-0.1, -0.05) is 0 Å². The number of hydrogen-bond acceptors (Lipinski definition) is 4. The van der Waals surface area contributed by atoms with E-state index in [1.807, 2.05) is 6.07 Å². The van der Waals surface area contributed by atoms with Gasteiger partial charge in [0.15, 0.2) is 0 Å². The van der Waals surface area contributed by atoms with Gasteiger partial charge in [-0.25, -0.2) is 0 Å². The molecule has 1 aromatic rings. The second-order valence-corrected chi connectivity index (χ2v) is 5.46. The average molecular weight is 253 g/mol. The van der Waals surface area contributed by atoms with Crippen LogP contribution < -0.4 is 16.0 Å². The summed E-state index contributed by atoms with van der Waals surface area (Å²) in [5.74, 6) is 0.739. The van der Waals surface area contributed by atoms with E-state index in [1.165, 1.54) is 24.2 Å². The fraction of sp³-hybridized carbons (Fsp3) is 0.583. The zero-order valence-corrected chi connectivity index (χ0v) is 11.1. The third kappa shape index (κ3) is 2.72. The van der Waals surface area contributed by atoms with E-state index in [0.29, 0.717) is 10.6 Å². The predicted molar refractivity (Wildman–Crippen MR) is 72.7 cm³/mol. The van der Waals surface area contributed by atoms with Crippen LogP contribution in [0.3, 0.4) is 0 Å². The van der Waals surface area contributed by atoms with Crippen LogP contribution in [0.2, 0.25) is 0 Å². The van der Waals surface area contributed by atoms with E-state index in [9.17, 15) is 4.79 Å². The summed E-state index contributed by atoms with van der Waals surface area (Å²) >= 11 is 1.48. The highest BCUT2D eigenvalue weighted by molar-refractivity contribution is 7.18. The standard InChI is InChI=1S/C12H19N3OS/c1-3-15(7-8-4-5-8)10-6-9(13)11(17-10)12(16)14-2/h6,8H,3-5,7,13H2,1-2H3,(H,14,16). The van der Waals surface area contributed by atoms with Crippen LogP contribution in [0.15, 0.2) is 6.07 Å². The Balaban J connectivity index is 2.16. The van der Waals surface area contributed by atoms with E-state index in [2.05, 4.69) is 17.1 Å². The van der Waals surface area contributed by atoms with Gasteiger partial charge in [-0.05, 0) is 31.7 Å². The lowest BCUT2D eigenvalue weighted by Gasteiger charge is -2.20. The maximum absolute atomic E-state index is 11.6. The molecule has 1 fully saturated rings. The number of amides is 1. The zero-order valence-electron chi connectivity index (χ0n) is 10.3. The van der Waals surface area contributed by atoms with Crippen LogP contribution in [0, 0.1) is 5.92 Å². The first kappa shape index (κ1) is 12.2. The van der Waals surface area contributed by atoms with Crippen molar-refractivity contribution in [2.45, 2.75) is 19.8 Å². The van der Waals surface area contributed by atoms with Gasteiger partial charge in [-0.2, -0.15) is 0 Å². The highest BCUT2D eigenvalue weighted by Crippen LogP contribution is 2.36. The normalized spacial score (nSPS) is 14.7. The Labute approximate surface area is 106 Å². The first-order valence-electron chi connectivity index (χ1n) is 6.02. The third-order valence-electron chi connectivity index (χ3n) is 3.05. The molecule has 0 radical (unpaired) electrons. The number of nitrogens with one attached hydrogen (secondary N) is 1. The van der Waals surface area contributed by atoms with Gasteiger partial charge in [0.1, 0.15) is 4.88 Å². The van der Waals surface area contributed by atoms with Crippen LogP contribution in [-0.2, 0) is 0 Å². The van der Waals surface area contributed by atoms with Crippen LogP contribution in [-0.4, -0.2) is 26.0 Å². The highest BCUT2D eigenvalue weighted by Gasteiger charge is 2.25. The van der Waals surface area contributed by atoms with Gasteiger partial charge in [0.05, 0.1) is 10.7 Å². The molecule has 0 spiro atoms. The second-order valence-electron chi connectivity index (χ2n) is 4.43. The summed E-state index contributed by atoms with van der Waals surface area (Å²) in [6.07, 6.45) is 2.67. The lowest BCUT2D eigenvalue weighted by atomic mass is 10.3. The molecule has 4 nitrogen and oxygen atoms in total. The van der Waals surface area contributed by atoms with E-state index in [4.69, 9.17) is 5.73 Å². The Morgan fingerprint density at radius 2 is 2.35 bits per heavy atom. The quantitative estimate of drug-likeness (QED) is 0.843. The molecule has 3 N–H and O–H groups in total. The third-order valence-corrected chi connectivity index (χ3v) is 4.26. The van der Waals surface area contributed by atoms with Gasteiger partial charge < -0.3 is 16.0 Å². The second kappa shape index (κ2) is 4.96. The van der Waals surface area contributed by atoms with Crippen LogP contribution in [0.1, 0.15) is 29.4 Å². The number of nitrogen functional groups attached to an aromatic ring is 1. The Morgan fingerprint density at radius 3 is 2.88 bits per heavy atom. The number of carbonyl (C=O) groups is 1. The molecule has 0 saturated heterocycles. The Bertz CT molecular complexity index is 412. The minimum atomic E-state index is -0.0961. The summed E-state index contributed by atoms with van der Waals surface area (Å²) in [6, 6.07) is 1.92. The van der Waals surface area contributed by atoms with Crippen LogP contribution >= 0.6 is 11.3 Å². The Hall–Kier alpha value is -1.23. The fourth-order valence-corrected chi connectivity index (χ4v) is 2.92. The molecule has 0 atom stereocenters. The van der Waals surface area contributed by atoms with Crippen LogP contribution in [0.25, 0.3) is 0 Å². The molecule has 1 heterocycles. The first-order valence-corrected chi connectivity index (χ1v) is 6.83. The van der Waals surface area contributed by atoms with Crippen molar-refractivity contribution in [1.82, 2.24) is 5.32 Å². The lowest BCUT2D eigenvalue weighted by molar-refractivity contribution is 0.0968. The molecule has 0 unspecified atom stereocenters. The molecule has 1 aliphatic rings. The number of anilines is 2. The molecule has 1 saturated carbocycles. The smallest absolute Gasteiger partial charge is 0.263 e. The zero-order chi connectivity index (χ0) is 12.4. The van der Waals surface area contributed by atoms with Gasteiger partial charge in [-0.3, -0.25) is 4.79 Å². The van der Waals surface area contributed by atoms with Crippen molar-refractivity contribution < 1.29 is 4.79 Å². The summed E-state index contributed by atoms with van der Waals surface area (Å²) in [6.45, 7) is 4.19. The van der Waals surface area contributed by atoms with Gasteiger partial charge in [-0.15, -0.1) is 11.3 Å². The van der Waals surface area contributed by atoms with Crippen molar-refractivity contribution in [2.75, 3.05) is 30.8 Å². The summed E-state index contributed by atoms with van der Waals surface area (Å²) in [4.78, 5) is 14.5. The minimum absolute atomic E-state index is 0.0961. The van der Waals surface area contributed by atoms with E-state index < -0.39 is 0 Å². The molecule has 0 aromatic carbocycles. The number of carbonyl (C=O) groups excluding carboxylic acids is 1. The largest absolute Gasteiger partial charge is 0.397 e. The fourth-order valence-electron chi connectivity index (χ4n) is 1.83. The molecule has 1 aromatic heterocycles. The molecule has 17 heavy (non-hydrogen) atoms. The molecule has 2 rings (SSSR count). The summed E-state index contributed by atoms with van der Waals surface area (Å²) in [7, 11) is 1.63. The molecule has 5 heteroatoms. The topological polar surface area (TPSA) is 58.4 Å². The van der Waals surface area contributed by atoms with Gasteiger partial charge in [0.25, 0.3) is 5.91 Å². The molecule has 94 valence electrons. The number of thiophene rings is 1. The van der Waals surface area contributed by atoms with E-state index >= 15 is 0 Å². The molecular weight excluding hydrogens is 234 g/mol. The average Bonchev–Trinajstić information content (AvgIpc) is 3.07. The molecule has 1 aliphatic carbocycles. The van der Waals surface area contributed by atoms with Crippen molar-refractivity contribution in [1.29, 1.82) is 0 Å². The maximum Gasteiger partial charge on any atom is 0.263 e. The van der Waals surface area contributed by atoms with Crippen molar-refractivity contribution in [2.24, 2.45) is 5.92 Å². The SMILES string of the molecule is CCN(CC1CC1)c1cc(N)c(C(=O)NC)s1. The van der Waals surface area contributed by atoms with E-state index in [1.54, 1.807) is 7.05 Å². The summed E-state index contributed by atoms with van der Waals surface area (Å²) < 4.78 is 0. The number of nitrogens with zero attached hydrogens (tertiary/aromatic N) is 1. The van der Waals surface area contributed by atoms with Crippen LogP contribution in [0.4, 0.5) is 10.7 Å². The monoisotopic (exact) mass is 253 g/mol. The summed E-state index contributed by atoms with van der Waals surface area (Å²) in [5, 5.41) is 3.73. The lowest BCUT2D eigenvalue weighted by Crippen LogP contribution is -2.24. The van der Waals surface area contributed by atoms with Gasteiger partial charge in [0, 0.05) is 20.1 Å². The predicted octanol–water partition coefficient (Wildman–Crippen LogP) is 1.93. The number of hydrogen-bond donors (Lipinski definition) is 2. The van der Waals surface area contributed by atoms with Crippen molar-refractivity contribution in [3.8, 4) is 0 Å². The minimum Gasteiger partial charge on any atom is -0.397 e. The molecule has 0 aliphatic heterocycles. The first-order chi connectivity index (χ1) is 8.15. The van der Waals surface area contributed by atoms with Crippen LogP contribution in [0.5, 0.6) is 0 Å². The van der Waals surface area contributed by atoms with E-state index in [-0.39, 0.29) is 5.91 Å². The van der Waals surface area contributed by atoms with Gasteiger partial charge in [0.2, 0.25) is 0 Å². The van der Waals surface area contributed by atoms with E-state index in [0.717, 1.165) is 24.0 Å².